The molecule has 1 N–H and O–H groups in total. The van der Waals surface area contributed by atoms with E-state index >= 15 is 0 Å². The summed E-state index contributed by atoms with van der Waals surface area (Å²) >= 11 is 0.472. The lowest BCUT2D eigenvalue weighted by molar-refractivity contribution is -0.646. The minimum Gasteiger partial charge on any atom is -0.618 e. The van der Waals surface area contributed by atoms with Crippen LogP contribution in [0.1, 0.15) is 5.56 Å². The lowest BCUT2D eigenvalue weighted by Gasteiger charge is -2.01. The van der Waals surface area contributed by atoms with E-state index in [1.807, 2.05) is 0 Å². The van der Waals surface area contributed by atoms with Crippen LogP contribution in [0.15, 0.2) is 23.4 Å². The third kappa shape index (κ3) is 1.22. The van der Waals surface area contributed by atoms with Crippen molar-refractivity contribution in [3.8, 4) is 0 Å². The molecule has 1 aromatic heterocycles. The molecule has 4 heteroatoms. The highest BCUT2D eigenvalue weighted by Crippen LogP contribution is 2.12. The first-order valence-electron chi connectivity index (χ1n) is 2.76. The summed E-state index contributed by atoms with van der Waals surface area (Å²) in [7, 11) is 0. The Morgan fingerprint density at radius 3 is 2.80 bits per heavy atom. The third-order valence-electron chi connectivity index (χ3n) is 1.19. The molecule has 1 aromatic rings. The van der Waals surface area contributed by atoms with E-state index in [-0.39, 0.29) is 0 Å². The summed E-state index contributed by atoms with van der Waals surface area (Å²) in [4.78, 5) is 0. The summed E-state index contributed by atoms with van der Waals surface area (Å²) in [5, 5.41) is 11.1. The maximum Gasteiger partial charge on any atom is 0.281 e. The Balaban J connectivity index is 3.17. The lowest BCUT2D eigenvalue weighted by Crippen LogP contribution is -2.28. The van der Waals surface area contributed by atoms with Crippen LogP contribution in [0, 0.1) is 12.1 Å². The minimum absolute atomic E-state index is 0.336. The Hall–Kier alpha value is -0.740. The van der Waals surface area contributed by atoms with Crippen molar-refractivity contribution in [1.82, 2.24) is 0 Å². The molecule has 0 spiro atoms. The summed E-state index contributed by atoms with van der Waals surface area (Å²) in [5.74, 6) is 0. The minimum atomic E-state index is 0.336. The van der Waals surface area contributed by atoms with Gasteiger partial charge in [0, 0.05) is 11.6 Å². The Morgan fingerprint density at radius 2 is 2.40 bits per heavy atom. The SMILES string of the molecule is Cc1ccc[n+]([O-])c1SO. The predicted octanol–water partition coefficient (Wildman–Crippen LogP) is 1.19. The summed E-state index contributed by atoms with van der Waals surface area (Å²) < 4.78 is 9.23. The van der Waals surface area contributed by atoms with Gasteiger partial charge in [0.2, 0.25) is 0 Å². The Labute approximate surface area is 63.1 Å². The van der Waals surface area contributed by atoms with E-state index in [4.69, 9.17) is 4.55 Å². The molecule has 54 valence electrons. The van der Waals surface area contributed by atoms with Crippen LogP contribution in [0.3, 0.4) is 0 Å². The van der Waals surface area contributed by atoms with Crippen LogP contribution >= 0.6 is 12.0 Å². The molecule has 0 aliphatic rings. The molecule has 0 atom stereocenters. The molecule has 0 aliphatic carbocycles. The van der Waals surface area contributed by atoms with Gasteiger partial charge in [-0.2, -0.15) is 4.73 Å². The fourth-order valence-corrected chi connectivity index (χ4v) is 1.04. The number of hydrogen-bond donors (Lipinski definition) is 1. The van der Waals surface area contributed by atoms with E-state index in [9.17, 15) is 5.21 Å². The second kappa shape index (κ2) is 2.90. The van der Waals surface area contributed by atoms with Crippen molar-refractivity contribution in [1.29, 1.82) is 0 Å². The molecule has 0 saturated heterocycles. The zero-order valence-electron chi connectivity index (χ0n) is 5.44. The van der Waals surface area contributed by atoms with Crippen LogP contribution in [0.25, 0.3) is 0 Å². The molecule has 0 aromatic carbocycles. The van der Waals surface area contributed by atoms with Gasteiger partial charge < -0.3 is 9.76 Å². The predicted molar refractivity (Wildman–Crippen MR) is 38.6 cm³/mol. The summed E-state index contributed by atoms with van der Waals surface area (Å²) in [6.07, 6.45) is 1.35. The van der Waals surface area contributed by atoms with E-state index < -0.39 is 0 Å². The standard InChI is InChI=1S/C6H7NO2S/c1-5-3-2-4-7(8)6(5)10-9/h2-4,9H,1H3. The van der Waals surface area contributed by atoms with Crippen molar-refractivity contribution in [3.63, 3.8) is 0 Å². The van der Waals surface area contributed by atoms with E-state index in [2.05, 4.69) is 0 Å². The van der Waals surface area contributed by atoms with Crippen molar-refractivity contribution < 1.29 is 9.28 Å². The van der Waals surface area contributed by atoms with Gasteiger partial charge in [-0.05, 0) is 13.0 Å². The van der Waals surface area contributed by atoms with Crippen LogP contribution in [0.2, 0.25) is 0 Å². The lowest BCUT2D eigenvalue weighted by atomic mass is 10.3. The molecule has 0 aliphatic heterocycles. The first-order chi connectivity index (χ1) is 4.75. The van der Waals surface area contributed by atoms with Crippen molar-refractivity contribution in [2.75, 3.05) is 0 Å². The molecule has 0 radical (unpaired) electrons. The van der Waals surface area contributed by atoms with Gasteiger partial charge in [0.05, 0.1) is 12.0 Å². The van der Waals surface area contributed by atoms with Crippen molar-refractivity contribution in [3.05, 3.63) is 29.1 Å². The van der Waals surface area contributed by atoms with Crippen molar-refractivity contribution in [2.24, 2.45) is 0 Å². The molecular formula is C6H7NO2S. The zero-order valence-corrected chi connectivity index (χ0v) is 6.26. The van der Waals surface area contributed by atoms with Crippen LogP contribution in [-0.4, -0.2) is 4.55 Å². The van der Waals surface area contributed by atoms with E-state index in [0.717, 1.165) is 5.56 Å². The van der Waals surface area contributed by atoms with E-state index in [1.165, 1.54) is 6.20 Å². The van der Waals surface area contributed by atoms with E-state index in [1.54, 1.807) is 19.1 Å². The Bertz CT molecular complexity index is 219. The summed E-state index contributed by atoms with van der Waals surface area (Å²) in [6, 6.07) is 3.41. The molecule has 1 rings (SSSR count). The molecule has 1 heterocycles. The fourth-order valence-electron chi connectivity index (χ4n) is 0.691. The average Bonchev–Trinajstić information content (AvgIpc) is 1.88. The van der Waals surface area contributed by atoms with Gasteiger partial charge in [0.1, 0.15) is 0 Å². The summed E-state index contributed by atoms with van der Waals surface area (Å²) in [5.41, 5.74) is 0.782. The number of pyridine rings is 1. The molecule has 10 heavy (non-hydrogen) atoms. The van der Waals surface area contributed by atoms with Gasteiger partial charge in [0.25, 0.3) is 5.03 Å². The highest BCUT2D eigenvalue weighted by atomic mass is 32.2. The van der Waals surface area contributed by atoms with Gasteiger partial charge in [0.15, 0.2) is 6.20 Å². The molecular weight excluding hydrogens is 150 g/mol. The van der Waals surface area contributed by atoms with Crippen LogP contribution in [-0.2, 0) is 0 Å². The number of hydrogen-bond acceptors (Lipinski definition) is 3. The molecule has 0 fully saturated rings. The first-order valence-corrected chi connectivity index (χ1v) is 3.53. The maximum atomic E-state index is 10.8. The molecule has 0 bridgehead atoms. The van der Waals surface area contributed by atoms with Gasteiger partial charge in [-0.25, -0.2) is 0 Å². The van der Waals surface area contributed by atoms with E-state index in [0.29, 0.717) is 21.8 Å². The molecule has 0 amide bonds. The number of nitrogens with zero attached hydrogens (tertiary/aromatic N) is 1. The van der Waals surface area contributed by atoms with Gasteiger partial charge in [-0.3, -0.25) is 0 Å². The fraction of sp³-hybridized carbons (Fsp3) is 0.167. The van der Waals surface area contributed by atoms with Gasteiger partial charge in [-0.15, -0.1) is 0 Å². The largest absolute Gasteiger partial charge is 0.618 e. The van der Waals surface area contributed by atoms with Gasteiger partial charge in [-0.1, -0.05) is 0 Å². The summed E-state index contributed by atoms with van der Waals surface area (Å²) in [6.45, 7) is 1.77. The Morgan fingerprint density at radius 1 is 1.70 bits per heavy atom. The van der Waals surface area contributed by atoms with Crippen LogP contribution < -0.4 is 4.73 Å². The highest BCUT2D eigenvalue weighted by molar-refractivity contribution is 7.93. The number of rotatable bonds is 1. The highest BCUT2D eigenvalue weighted by Gasteiger charge is 2.06. The average molecular weight is 157 g/mol. The smallest absolute Gasteiger partial charge is 0.281 e. The van der Waals surface area contributed by atoms with Crippen LogP contribution in [0.5, 0.6) is 0 Å². The molecule has 3 nitrogen and oxygen atoms in total. The normalized spacial score (nSPS) is 9.80. The molecule has 0 saturated carbocycles. The zero-order chi connectivity index (χ0) is 7.56. The van der Waals surface area contributed by atoms with Crippen LogP contribution in [0.4, 0.5) is 0 Å². The van der Waals surface area contributed by atoms with Crippen molar-refractivity contribution in [2.45, 2.75) is 11.9 Å². The third-order valence-corrected chi connectivity index (χ3v) is 1.87. The van der Waals surface area contributed by atoms with Crippen molar-refractivity contribution >= 4 is 12.0 Å². The number of aryl methyl sites for hydroxylation is 1. The first kappa shape index (κ1) is 7.37. The quantitative estimate of drug-likeness (QED) is 0.378. The monoisotopic (exact) mass is 157 g/mol. The topological polar surface area (TPSA) is 47.2 Å². The second-order valence-electron chi connectivity index (χ2n) is 1.91. The molecule has 0 unspecified atom stereocenters. The van der Waals surface area contributed by atoms with Gasteiger partial charge >= 0.3 is 0 Å². The Kier molecular flexibility index (Phi) is 2.13. The number of aromatic nitrogens is 1. The maximum absolute atomic E-state index is 10.8. The second-order valence-corrected chi connectivity index (χ2v) is 2.48.